The molecule has 0 amide bonds. The van der Waals surface area contributed by atoms with E-state index in [0.29, 0.717) is 0 Å². The molecule has 9 fully saturated rings. The molecular weight excluding hydrogens is 494 g/mol. The molecule has 1 nitrogen and oxygen atoms in total. The van der Waals surface area contributed by atoms with Gasteiger partial charge in [0, 0.05) is 18.1 Å². The normalized spacial score (nSPS) is 54.1. The van der Waals surface area contributed by atoms with Crippen molar-refractivity contribution in [2.24, 2.45) is 71.0 Å². The molecule has 41 heavy (non-hydrogen) atoms. The van der Waals surface area contributed by atoms with Crippen LogP contribution in [0.3, 0.4) is 0 Å². The highest BCUT2D eigenvalue weighted by Crippen LogP contribution is 2.64. The molecule has 1 heteroatoms. The molecule has 0 radical (unpaired) electrons. The molecule has 0 aromatic rings. The molecule has 1 aliphatic heterocycles. The maximum Gasteiger partial charge on any atom is 0.0133 e. The van der Waals surface area contributed by atoms with Gasteiger partial charge in [0.05, 0.1) is 0 Å². The lowest BCUT2D eigenvalue weighted by Crippen LogP contribution is -2.52. The van der Waals surface area contributed by atoms with Crippen LogP contribution in [-0.4, -0.2) is 23.0 Å². The summed E-state index contributed by atoms with van der Waals surface area (Å²) in [6.45, 7) is 0. The van der Waals surface area contributed by atoms with E-state index in [1.165, 1.54) is 19.3 Å². The molecule has 0 aromatic carbocycles. The van der Waals surface area contributed by atoms with E-state index in [1.54, 1.807) is 141 Å². The van der Waals surface area contributed by atoms with Crippen LogP contribution in [-0.2, 0) is 0 Å². The van der Waals surface area contributed by atoms with Gasteiger partial charge in [0.2, 0.25) is 0 Å². The summed E-state index contributed by atoms with van der Waals surface area (Å²) in [7, 11) is 0. The van der Waals surface area contributed by atoms with E-state index in [2.05, 4.69) is 4.90 Å². The SMILES string of the molecule is C1CCC(C2CC3CCCC(C4CCCC5CC6C(CCCC6N6C7CCCCC7C7CCCCC76)C54)C3C2)CC1. The Labute approximate surface area is 254 Å². The smallest absolute Gasteiger partial charge is 0.0133 e. The standard InChI is InChI=1S/C40H65N/c1-2-11-26(12-3-1)29-23-27-13-8-17-30(35(27)25-29)33-18-9-14-28-24-36-34(40(28)33)19-10-22-39(36)41-37-20-6-4-15-31(37)32-16-5-7-21-38(32)41/h26-40H,1-25H2. The first kappa shape index (κ1) is 27.3. The zero-order chi connectivity index (χ0) is 26.9. The first-order valence-electron chi connectivity index (χ1n) is 20.1. The number of likely N-dealkylation sites (tertiary alicyclic amines) is 1. The van der Waals surface area contributed by atoms with Crippen LogP contribution in [0.4, 0.5) is 0 Å². The topological polar surface area (TPSA) is 3.24 Å². The minimum absolute atomic E-state index is 0.986. The average Bonchev–Trinajstić information content (AvgIpc) is 3.73. The van der Waals surface area contributed by atoms with Crippen molar-refractivity contribution < 1.29 is 0 Å². The summed E-state index contributed by atoms with van der Waals surface area (Å²) in [6, 6.07) is 2.97. The molecule has 230 valence electrons. The Morgan fingerprint density at radius 2 is 0.756 bits per heavy atom. The Bertz CT molecular complexity index is 882. The van der Waals surface area contributed by atoms with Crippen molar-refractivity contribution in [2.45, 2.75) is 179 Å². The van der Waals surface area contributed by atoms with Crippen LogP contribution in [0, 0.1) is 71.0 Å². The van der Waals surface area contributed by atoms with E-state index in [1.807, 2.05) is 0 Å². The van der Waals surface area contributed by atoms with E-state index < -0.39 is 0 Å². The van der Waals surface area contributed by atoms with Gasteiger partial charge in [0.1, 0.15) is 0 Å². The van der Waals surface area contributed by atoms with Crippen molar-refractivity contribution in [3.05, 3.63) is 0 Å². The molecule has 14 atom stereocenters. The van der Waals surface area contributed by atoms with Crippen molar-refractivity contribution in [2.75, 3.05) is 0 Å². The molecule has 1 saturated heterocycles. The van der Waals surface area contributed by atoms with Gasteiger partial charge in [0.15, 0.2) is 0 Å². The summed E-state index contributed by atoms with van der Waals surface area (Å²) in [6.07, 6.45) is 39.7. The van der Waals surface area contributed by atoms with E-state index >= 15 is 0 Å². The second-order valence-corrected chi connectivity index (χ2v) is 18.1. The number of hydrogen-bond donors (Lipinski definition) is 0. The maximum absolute atomic E-state index is 3.37. The molecule has 0 bridgehead atoms. The van der Waals surface area contributed by atoms with Crippen LogP contribution in [0.1, 0.15) is 161 Å². The van der Waals surface area contributed by atoms with Gasteiger partial charge in [-0.3, -0.25) is 4.90 Å². The van der Waals surface area contributed by atoms with Crippen molar-refractivity contribution in [3.63, 3.8) is 0 Å². The molecule has 8 saturated carbocycles. The Kier molecular flexibility index (Phi) is 7.58. The second-order valence-electron chi connectivity index (χ2n) is 18.1. The Morgan fingerprint density at radius 3 is 1.51 bits per heavy atom. The third-order valence-electron chi connectivity index (χ3n) is 16.9. The highest BCUT2D eigenvalue weighted by Gasteiger charge is 2.59. The number of hydrogen-bond acceptors (Lipinski definition) is 1. The van der Waals surface area contributed by atoms with Gasteiger partial charge in [0.25, 0.3) is 0 Å². The number of fused-ring (bicyclic) bond motifs is 7. The molecule has 0 spiro atoms. The summed E-state index contributed by atoms with van der Waals surface area (Å²) < 4.78 is 0. The fraction of sp³-hybridized carbons (Fsp3) is 1.00. The fourth-order valence-electron chi connectivity index (χ4n) is 15.8. The lowest BCUT2D eigenvalue weighted by atomic mass is 9.57. The molecule has 0 N–H and O–H groups in total. The van der Waals surface area contributed by atoms with Crippen molar-refractivity contribution in [1.82, 2.24) is 4.90 Å². The van der Waals surface area contributed by atoms with Crippen molar-refractivity contribution >= 4 is 0 Å². The molecule has 9 aliphatic rings. The predicted octanol–water partition coefficient (Wildman–Crippen LogP) is 10.7. The summed E-state index contributed by atoms with van der Waals surface area (Å²) in [5, 5.41) is 0. The maximum atomic E-state index is 3.37. The second kappa shape index (κ2) is 11.4. The summed E-state index contributed by atoms with van der Waals surface area (Å²) in [5.74, 6) is 13.4. The number of nitrogens with zero attached hydrogens (tertiary/aromatic N) is 1. The zero-order valence-electron chi connectivity index (χ0n) is 26.8. The highest BCUT2D eigenvalue weighted by molar-refractivity contribution is 5.10. The van der Waals surface area contributed by atoms with Gasteiger partial charge in [-0.2, -0.15) is 0 Å². The lowest BCUT2D eigenvalue weighted by Gasteiger charge is -2.50. The summed E-state index contributed by atoms with van der Waals surface area (Å²) in [4.78, 5) is 3.37. The van der Waals surface area contributed by atoms with Gasteiger partial charge >= 0.3 is 0 Å². The minimum atomic E-state index is 0.986. The predicted molar refractivity (Wildman–Crippen MR) is 171 cm³/mol. The van der Waals surface area contributed by atoms with Gasteiger partial charge in [-0.15, -0.1) is 0 Å². The van der Waals surface area contributed by atoms with E-state index in [0.717, 1.165) is 89.1 Å². The van der Waals surface area contributed by atoms with Crippen LogP contribution in [0.2, 0.25) is 0 Å². The number of rotatable bonds is 3. The lowest BCUT2D eigenvalue weighted by molar-refractivity contribution is -0.0114. The van der Waals surface area contributed by atoms with Gasteiger partial charge < -0.3 is 0 Å². The Hall–Kier alpha value is -0.0400. The highest BCUT2D eigenvalue weighted by atomic mass is 15.3. The van der Waals surface area contributed by atoms with Crippen LogP contribution in [0.15, 0.2) is 0 Å². The molecule has 9 rings (SSSR count). The van der Waals surface area contributed by atoms with Crippen molar-refractivity contribution in [1.29, 1.82) is 0 Å². The van der Waals surface area contributed by atoms with Gasteiger partial charge in [-0.05, 0) is 142 Å². The van der Waals surface area contributed by atoms with Crippen LogP contribution in [0.25, 0.3) is 0 Å². The molecule has 8 aliphatic carbocycles. The average molecular weight is 560 g/mol. The zero-order valence-corrected chi connectivity index (χ0v) is 26.8. The third-order valence-corrected chi connectivity index (χ3v) is 16.9. The van der Waals surface area contributed by atoms with Crippen LogP contribution >= 0.6 is 0 Å². The van der Waals surface area contributed by atoms with Crippen molar-refractivity contribution in [3.8, 4) is 0 Å². The third kappa shape index (κ3) is 4.59. The quantitative estimate of drug-likeness (QED) is 0.332. The molecule has 14 unspecified atom stereocenters. The Morgan fingerprint density at radius 1 is 0.268 bits per heavy atom. The largest absolute Gasteiger partial charge is 0.294 e. The minimum Gasteiger partial charge on any atom is -0.294 e. The first-order chi connectivity index (χ1) is 20.3. The molecular formula is C40H65N. The van der Waals surface area contributed by atoms with Gasteiger partial charge in [-0.1, -0.05) is 89.9 Å². The van der Waals surface area contributed by atoms with Gasteiger partial charge in [-0.25, -0.2) is 0 Å². The summed E-state index contributed by atoms with van der Waals surface area (Å²) in [5.41, 5.74) is 0. The Balaban J connectivity index is 0.963. The first-order valence-corrected chi connectivity index (χ1v) is 20.1. The van der Waals surface area contributed by atoms with E-state index in [9.17, 15) is 0 Å². The summed E-state index contributed by atoms with van der Waals surface area (Å²) >= 11 is 0. The van der Waals surface area contributed by atoms with E-state index in [-0.39, 0.29) is 0 Å². The monoisotopic (exact) mass is 560 g/mol. The fourth-order valence-corrected chi connectivity index (χ4v) is 15.8. The van der Waals surface area contributed by atoms with Crippen LogP contribution in [0.5, 0.6) is 0 Å². The van der Waals surface area contributed by atoms with Crippen LogP contribution < -0.4 is 0 Å². The van der Waals surface area contributed by atoms with E-state index in [4.69, 9.17) is 0 Å². The molecule has 1 heterocycles. The molecule has 0 aromatic heterocycles.